The lowest BCUT2D eigenvalue weighted by Gasteiger charge is -2.34. The highest BCUT2D eigenvalue weighted by Crippen LogP contribution is 2.44. The van der Waals surface area contributed by atoms with Gasteiger partial charge >= 0.3 is 0 Å². The molecule has 1 fully saturated rings. The van der Waals surface area contributed by atoms with Crippen LogP contribution in [0.2, 0.25) is 0 Å². The number of Topliss-reactive ketones (excluding diaryl/α,β-unsaturated/α-hetero) is 1. The Bertz CT molecular complexity index is 445. The molecule has 1 aromatic rings. The van der Waals surface area contributed by atoms with Crippen LogP contribution in [0.4, 0.5) is 0 Å². The third-order valence-corrected chi connectivity index (χ3v) is 4.00. The molecule has 94 valence electrons. The summed E-state index contributed by atoms with van der Waals surface area (Å²) in [6, 6.07) is 0.387. The van der Waals surface area contributed by atoms with Gasteiger partial charge in [-0.05, 0) is 34.1 Å². The van der Waals surface area contributed by atoms with Crippen LogP contribution >= 0.6 is 0 Å². The van der Waals surface area contributed by atoms with Crippen molar-refractivity contribution < 1.29 is 4.79 Å². The molecule has 0 amide bonds. The molecule has 0 N–H and O–H groups in total. The van der Waals surface area contributed by atoms with Crippen molar-refractivity contribution in [3.8, 4) is 0 Å². The zero-order valence-electron chi connectivity index (χ0n) is 11.4. The second kappa shape index (κ2) is 4.28. The average Bonchev–Trinajstić information content (AvgIpc) is 2.52. The molecule has 0 aromatic carbocycles. The molecule has 0 bridgehead atoms. The summed E-state index contributed by atoms with van der Waals surface area (Å²) >= 11 is 0. The average molecular weight is 234 g/mol. The Morgan fingerprint density at radius 3 is 2.47 bits per heavy atom. The first-order chi connectivity index (χ1) is 7.97. The molecule has 2 rings (SSSR count). The molecule has 3 heteroatoms. The molecular formula is C14H22N2O. The molecule has 0 aliphatic heterocycles. The molecule has 0 spiro atoms. The fraction of sp³-hybridized carbons (Fsp3) is 0.714. The summed E-state index contributed by atoms with van der Waals surface area (Å²) in [4.78, 5) is 11.6. The van der Waals surface area contributed by atoms with Crippen molar-refractivity contribution in [3.63, 3.8) is 0 Å². The predicted octanol–water partition coefficient (Wildman–Crippen LogP) is 3.16. The van der Waals surface area contributed by atoms with Crippen molar-refractivity contribution >= 4 is 5.78 Å². The van der Waals surface area contributed by atoms with E-state index in [1.165, 1.54) is 11.3 Å². The normalized spacial score (nSPS) is 24.2. The number of hydrogen-bond donors (Lipinski definition) is 0. The van der Waals surface area contributed by atoms with Crippen LogP contribution in [0, 0.1) is 19.8 Å². The largest absolute Gasteiger partial charge is 0.299 e. The number of aryl methyl sites for hydroxylation is 1. The molecule has 17 heavy (non-hydrogen) atoms. The van der Waals surface area contributed by atoms with Crippen LogP contribution in [0.3, 0.4) is 0 Å². The van der Waals surface area contributed by atoms with Crippen molar-refractivity contribution in [1.82, 2.24) is 9.78 Å². The Morgan fingerprint density at radius 1 is 1.41 bits per heavy atom. The van der Waals surface area contributed by atoms with E-state index in [9.17, 15) is 4.79 Å². The molecule has 2 unspecified atom stereocenters. The van der Waals surface area contributed by atoms with E-state index in [2.05, 4.69) is 44.4 Å². The Hall–Kier alpha value is -1.12. The number of ketones is 1. The zero-order chi connectivity index (χ0) is 12.7. The molecule has 1 saturated carbocycles. The minimum atomic E-state index is 0.234. The quantitative estimate of drug-likeness (QED) is 0.805. The van der Waals surface area contributed by atoms with Crippen molar-refractivity contribution in [1.29, 1.82) is 0 Å². The van der Waals surface area contributed by atoms with E-state index < -0.39 is 0 Å². The summed E-state index contributed by atoms with van der Waals surface area (Å²) in [5.74, 6) is 1.07. The van der Waals surface area contributed by atoms with Crippen LogP contribution in [-0.4, -0.2) is 15.6 Å². The van der Waals surface area contributed by atoms with Gasteiger partial charge in [0.05, 0.1) is 5.69 Å². The van der Waals surface area contributed by atoms with Crippen molar-refractivity contribution in [3.05, 3.63) is 17.0 Å². The number of nitrogens with zero attached hydrogens (tertiary/aromatic N) is 2. The van der Waals surface area contributed by atoms with Gasteiger partial charge in [0.15, 0.2) is 0 Å². The van der Waals surface area contributed by atoms with Gasteiger partial charge in [-0.3, -0.25) is 9.48 Å². The summed E-state index contributed by atoms with van der Waals surface area (Å²) < 4.78 is 2.08. The Balaban J connectivity index is 2.37. The third-order valence-electron chi connectivity index (χ3n) is 4.00. The molecule has 0 radical (unpaired) electrons. The maximum Gasteiger partial charge on any atom is 0.137 e. The third kappa shape index (κ3) is 1.81. The van der Waals surface area contributed by atoms with E-state index in [-0.39, 0.29) is 5.92 Å². The molecule has 1 aliphatic rings. The lowest BCUT2D eigenvalue weighted by Crippen LogP contribution is -2.35. The van der Waals surface area contributed by atoms with Gasteiger partial charge in [-0.2, -0.15) is 5.10 Å². The number of hydrogen-bond acceptors (Lipinski definition) is 2. The molecule has 0 saturated heterocycles. The maximum atomic E-state index is 11.6. The molecular weight excluding hydrogens is 212 g/mol. The van der Waals surface area contributed by atoms with Crippen LogP contribution in [0.5, 0.6) is 0 Å². The number of carbonyl (C=O) groups excluding carboxylic acids is 1. The van der Waals surface area contributed by atoms with Gasteiger partial charge in [0.1, 0.15) is 5.78 Å². The lowest BCUT2D eigenvalue weighted by molar-refractivity contribution is -0.131. The van der Waals surface area contributed by atoms with Gasteiger partial charge in [-0.15, -0.1) is 0 Å². The van der Waals surface area contributed by atoms with Crippen LogP contribution < -0.4 is 0 Å². The van der Waals surface area contributed by atoms with E-state index in [1.807, 2.05) is 0 Å². The second-order valence-electron chi connectivity index (χ2n) is 5.41. The minimum absolute atomic E-state index is 0.234. The number of aromatic nitrogens is 2. The monoisotopic (exact) mass is 234 g/mol. The first-order valence-electron chi connectivity index (χ1n) is 6.55. The predicted molar refractivity (Wildman–Crippen MR) is 68.2 cm³/mol. The summed E-state index contributed by atoms with van der Waals surface area (Å²) in [5, 5.41) is 4.61. The van der Waals surface area contributed by atoms with Crippen LogP contribution in [0.15, 0.2) is 0 Å². The summed E-state index contributed by atoms with van der Waals surface area (Å²) in [5.41, 5.74) is 3.67. The van der Waals surface area contributed by atoms with E-state index >= 15 is 0 Å². The number of carbonyl (C=O) groups is 1. The van der Waals surface area contributed by atoms with Gasteiger partial charge in [-0.25, -0.2) is 0 Å². The first kappa shape index (κ1) is 12.3. The maximum absolute atomic E-state index is 11.6. The molecule has 3 nitrogen and oxygen atoms in total. The zero-order valence-corrected chi connectivity index (χ0v) is 11.4. The van der Waals surface area contributed by atoms with Crippen LogP contribution in [0.25, 0.3) is 0 Å². The van der Waals surface area contributed by atoms with Crippen molar-refractivity contribution in [2.75, 3.05) is 0 Å². The fourth-order valence-corrected chi connectivity index (χ4v) is 3.10. The molecule has 1 aromatic heterocycles. The molecule has 1 heterocycles. The minimum Gasteiger partial charge on any atom is -0.299 e. The van der Waals surface area contributed by atoms with E-state index in [4.69, 9.17) is 0 Å². The Kier molecular flexibility index (Phi) is 3.11. The SMILES string of the molecule is CCC1C(=O)CC1c1c(C)nn(C(C)C)c1C. The Labute approximate surface area is 103 Å². The number of rotatable bonds is 3. The van der Waals surface area contributed by atoms with Gasteiger partial charge in [0, 0.05) is 35.6 Å². The standard InChI is InChI=1S/C14H22N2O/c1-6-11-12(7-13(11)17)14-9(4)15-16(8(2)3)10(14)5/h8,11-12H,6-7H2,1-5H3. The summed E-state index contributed by atoms with van der Waals surface area (Å²) in [7, 11) is 0. The van der Waals surface area contributed by atoms with E-state index in [1.54, 1.807) is 0 Å². The Morgan fingerprint density at radius 2 is 2.06 bits per heavy atom. The van der Waals surface area contributed by atoms with Crippen molar-refractivity contribution in [2.24, 2.45) is 5.92 Å². The van der Waals surface area contributed by atoms with Crippen LogP contribution in [-0.2, 0) is 4.79 Å². The van der Waals surface area contributed by atoms with Gasteiger partial charge in [-0.1, -0.05) is 6.92 Å². The van der Waals surface area contributed by atoms with Crippen molar-refractivity contribution in [2.45, 2.75) is 59.4 Å². The van der Waals surface area contributed by atoms with Crippen LogP contribution in [0.1, 0.15) is 62.5 Å². The fourth-order valence-electron chi connectivity index (χ4n) is 3.10. The smallest absolute Gasteiger partial charge is 0.137 e. The highest BCUT2D eigenvalue weighted by atomic mass is 16.1. The topological polar surface area (TPSA) is 34.9 Å². The molecule has 2 atom stereocenters. The first-order valence-corrected chi connectivity index (χ1v) is 6.55. The van der Waals surface area contributed by atoms with E-state index in [0.717, 1.165) is 12.1 Å². The van der Waals surface area contributed by atoms with E-state index in [0.29, 0.717) is 24.2 Å². The summed E-state index contributed by atoms with van der Waals surface area (Å²) in [6.07, 6.45) is 1.67. The molecule has 1 aliphatic carbocycles. The highest BCUT2D eigenvalue weighted by Gasteiger charge is 2.41. The lowest BCUT2D eigenvalue weighted by atomic mass is 9.67. The summed E-state index contributed by atoms with van der Waals surface area (Å²) in [6.45, 7) is 10.6. The van der Waals surface area contributed by atoms with Gasteiger partial charge in [0.2, 0.25) is 0 Å². The second-order valence-corrected chi connectivity index (χ2v) is 5.41. The highest BCUT2D eigenvalue weighted by molar-refractivity contribution is 5.89. The van der Waals surface area contributed by atoms with Gasteiger partial charge < -0.3 is 0 Å². The van der Waals surface area contributed by atoms with Gasteiger partial charge in [0.25, 0.3) is 0 Å².